The molecule has 37 heavy (non-hydrogen) atoms. The number of carbonyl (C=O) groups excluding carboxylic acids is 1. The third kappa shape index (κ3) is 5.15. The lowest BCUT2D eigenvalue weighted by atomic mass is 10.1. The minimum absolute atomic E-state index is 0.196. The summed E-state index contributed by atoms with van der Waals surface area (Å²) in [5.74, 6) is 0.295. The lowest BCUT2D eigenvalue weighted by molar-refractivity contribution is -0.116. The number of aromatic nitrogens is 2. The molecular formula is C26H26N4O5S2. The first-order valence-corrected chi connectivity index (χ1v) is 14.2. The molecule has 0 spiro atoms. The van der Waals surface area contributed by atoms with Crippen molar-refractivity contribution in [2.24, 2.45) is 0 Å². The summed E-state index contributed by atoms with van der Waals surface area (Å²) in [6, 6.07) is 13.5. The van der Waals surface area contributed by atoms with Crippen LogP contribution in [0.4, 0.5) is 5.69 Å². The zero-order valence-electron chi connectivity index (χ0n) is 20.2. The maximum Gasteiger partial charge on any atom is 0.263 e. The summed E-state index contributed by atoms with van der Waals surface area (Å²) in [6.45, 7) is 0.823. The van der Waals surface area contributed by atoms with E-state index in [1.807, 2.05) is 29.6 Å². The van der Waals surface area contributed by atoms with Crippen molar-refractivity contribution in [2.75, 3.05) is 25.5 Å². The van der Waals surface area contributed by atoms with Crippen molar-refractivity contribution in [3.05, 3.63) is 70.6 Å². The molecule has 0 aliphatic carbocycles. The van der Waals surface area contributed by atoms with Gasteiger partial charge in [-0.1, -0.05) is 18.6 Å². The van der Waals surface area contributed by atoms with Gasteiger partial charge < -0.3 is 10.1 Å². The Kier molecular flexibility index (Phi) is 7.09. The van der Waals surface area contributed by atoms with E-state index in [-0.39, 0.29) is 17.0 Å². The molecule has 0 saturated carbocycles. The smallest absolute Gasteiger partial charge is 0.263 e. The van der Waals surface area contributed by atoms with Crippen LogP contribution in [0.2, 0.25) is 0 Å². The van der Waals surface area contributed by atoms with E-state index in [0.29, 0.717) is 34.7 Å². The summed E-state index contributed by atoms with van der Waals surface area (Å²) < 4.78 is 33.7. The standard InChI is InChI=1S/C26H26N4O5S2/c1-35-20-9-5-18(6-10-20)22-16-36-25-24(22)26(32)29(17-27-25)15-23(31)28-19-7-11-21(12-8-19)37(33,34)30-13-3-2-4-14-30/h5-12,16-17H,2-4,13-15H2,1H3,(H,28,31). The molecule has 192 valence electrons. The highest BCUT2D eigenvalue weighted by atomic mass is 32.2. The van der Waals surface area contributed by atoms with Gasteiger partial charge in [-0.25, -0.2) is 13.4 Å². The van der Waals surface area contributed by atoms with Gasteiger partial charge in [-0.05, 0) is 54.8 Å². The molecular weight excluding hydrogens is 512 g/mol. The fourth-order valence-electron chi connectivity index (χ4n) is 4.38. The lowest BCUT2D eigenvalue weighted by Crippen LogP contribution is -2.35. The summed E-state index contributed by atoms with van der Waals surface area (Å²) in [5, 5.41) is 5.07. The SMILES string of the molecule is COc1ccc(-c2csc3ncn(CC(=O)Nc4ccc(S(=O)(=O)N5CCCCC5)cc4)c(=O)c23)cc1. The van der Waals surface area contributed by atoms with Crippen molar-refractivity contribution in [2.45, 2.75) is 30.7 Å². The van der Waals surface area contributed by atoms with Crippen molar-refractivity contribution in [1.29, 1.82) is 0 Å². The molecule has 4 aromatic rings. The number of nitrogens with one attached hydrogen (secondary N) is 1. The number of hydrogen-bond donors (Lipinski definition) is 1. The first-order chi connectivity index (χ1) is 17.9. The van der Waals surface area contributed by atoms with Gasteiger partial charge in [0.05, 0.1) is 23.7 Å². The van der Waals surface area contributed by atoms with Crippen LogP contribution < -0.4 is 15.6 Å². The molecule has 1 aliphatic rings. The highest BCUT2D eigenvalue weighted by Gasteiger charge is 2.25. The molecule has 0 atom stereocenters. The molecule has 1 amide bonds. The molecule has 0 bridgehead atoms. The molecule has 1 N–H and O–H groups in total. The Labute approximate surface area is 218 Å². The minimum Gasteiger partial charge on any atom is -0.497 e. The van der Waals surface area contributed by atoms with Crippen LogP contribution in [0.5, 0.6) is 5.75 Å². The number of piperidine rings is 1. The number of nitrogens with zero attached hydrogens (tertiary/aromatic N) is 3. The van der Waals surface area contributed by atoms with Crippen LogP contribution in [0.15, 0.2) is 69.9 Å². The Hall–Kier alpha value is -3.54. The zero-order valence-corrected chi connectivity index (χ0v) is 21.8. The second-order valence-corrected chi connectivity index (χ2v) is 11.6. The van der Waals surface area contributed by atoms with Gasteiger partial charge in [0.25, 0.3) is 5.56 Å². The summed E-state index contributed by atoms with van der Waals surface area (Å²) >= 11 is 1.37. The second-order valence-electron chi connectivity index (χ2n) is 8.77. The Bertz CT molecular complexity index is 1590. The van der Waals surface area contributed by atoms with Crippen LogP contribution >= 0.6 is 11.3 Å². The van der Waals surface area contributed by atoms with Crippen LogP contribution in [-0.2, 0) is 21.4 Å². The van der Waals surface area contributed by atoms with Crippen molar-refractivity contribution >= 4 is 43.2 Å². The van der Waals surface area contributed by atoms with Gasteiger partial charge in [-0.15, -0.1) is 11.3 Å². The number of methoxy groups -OCH3 is 1. The summed E-state index contributed by atoms with van der Waals surface area (Å²) in [6.07, 6.45) is 4.13. The van der Waals surface area contributed by atoms with Crippen LogP contribution in [-0.4, -0.2) is 48.4 Å². The number of sulfonamides is 1. The van der Waals surface area contributed by atoms with E-state index in [4.69, 9.17) is 4.74 Å². The van der Waals surface area contributed by atoms with Crippen molar-refractivity contribution < 1.29 is 17.9 Å². The maximum atomic E-state index is 13.3. The van der Waals surface area contributed by atoms with Crippen molar-refractivity contribution in [3.63, 3.8) is 0 Å². The molecule has 1 aliphatic heterocycles. The average Bonchev–Trinajstić information content (AvgIpc) is 3.36. The van der Waals surface area contributed by atoms with Gasteiger partial charge in [0, 0.05) is 29.7 Å². The second kappa shape index (κ2) is 10.4. The van der Waals surface area contributed by atoms with Crippen LogP contribution in [0.1, 0.15) is 19.3 Å². The van der Waals surface area contributed by atoms with E-state index >= 15 is 0 Å². The number of thiophene rings is 1. The van der Waals surface area contributed by atoms with E-state index in [1.54, 1.807) is 19.2 Å². The summed E-state index contributed by atoms with van der Waals surface area (Å²) in [7, 11) is -1.96. The third-order valence-corrected chi connectivity index (χ3v) is 9.17. The molecule has 9 nitrogen and oxygen atoms in total. The number of anilines is 1. The molecule has 2 aromatic carbocycles. The summed E-state index contributed by atoms with van der Waals surface area (Å²) in [5.41, 5.74) is 1.74. The van der Waals surface area contributed by atoms with Gasteiger partial charge >= 0.3 is 0 Å². The summed E-state index contributed by atoms with van der Waals surface area (Å²) in [4.78, 5) is 31.1. The number of carbonyl (C=O) groups is 1. The Morgan fingerprint density at radius 3 is 2.43 bits per heavy atom. The number of rotatable bonds is 7. The zero-order chi connectivity index (χ0) is 26.0. The molecule has 2 aromatic heterocycles. The molecule has 0 unspecified atom stereocenters. The van der Waals surface area contributed by atoms with E-state index in [9.17, 15) is 18.0 Å². The van der Waals surface area contributed by atoms with E-state index < -0.39 is 15.9 Å². The Balaban J connectivity index is 1.32. The monoisotopic (exact) mass is 538 g/mol. The van der Waals surface area contributed by atoms with Gasteiger partial charge in [-0.2, -0.15) is 4.31 Å². The van der Waals surface area contributed by atoms with Gasteiger partial charge in [0.2, 0.25) is 15.9 Å². The molecule has 3 heterocycles. The lowest BCUT2D eigenvalue weighted by Gasteiger charge is -2.25. The van der Waals surface area contributed by atoms with E-state index in [1.165, 1.54) is 38.7 Å². The Morgan fingerprint density at radius 2 is 1.76 bits per heavy atom. The van der Waals surface area contributed by atoms with Crippen LogP contribution in [0.3, 0.4) is 0 Å². The van der Waals surface area contributed by atoms with E-state index in [2.05, 4.69) is 10.3 Å². The third-order valence-electron chi connectivity index (χ3n) is 6.37. The molecule has 0 radical (unpaired) electrons. The van der Waals surface area contributed by atoms with Crippen LogP contribution in [0, 0.1) is 0 Å². The topological polar surface area (TPSA) is 111 Å². The first-order valence-electron chi connectivity index (χ1n) is 11.9. The minimum atomic E-state index is -3.55. The Morgan fingerprint density at radius 1 is 1.05 bits per heavy atom. The predicted octanol–water partition coefficient (Wildman–Crippen LogP) is 3.95. The number of fused-ring (bicyclic) bond motifs is 1. The predicted molar refractivity (Wildman–Crippen MR) is 144 cm³/mol. The normalized spacial score (nSPS) is 14.5. The molecule has 5 rings (SSSR count). The fraction of sp³-hybridized carbons (Fsp3) is 0.269. The van der Waals surface area contributed by atoms with Gasteiger partial charge in [0.1, 0.15) is 17.1 Å². The van der Waals surface area contributed by atoms with Gasteiger partial charge in [0.15, 0.2) is 0 Å². The average molecular weight is 539 g/mol. The van der Waals surface area contributed by atoms with Crippen LogP contribution in [0.25, 0.3) is 21.3 Å². The van der Waals surface area contributed by atoms with Gasteiger partial charge in [-0.3, -0.25) is 14.2 Å². The quantitative estimate of drug-likeness (QED) is 0.382. The van der Waals surface area contributed by atoms with E-state index in [0.717, 1.165) is 30.4 Å². The maximum absolute atomic E-state index is 13.3. The number of hydrogen-bond acceptors (Lipinski definition) is 7. The first kappa shape index (κ1) is 25.1. The number of ether oxygens (including phenoxy) is 1. The molecule has 1 saturated heterocycles. The van der Waals surface area contributed by atoms with Crippen molar-refractivity contribution in [1.82, 2.24) is 13.9 Å². The highest BCUT2D eigenvalue weighted by Crippen LogP contribution is 2.31. The number of benzene rings is 2. The molecule has 1 fully saturated rings. The number of amides is 1. The molecule has 11 heteroatoms. The largest absolute Gasteiger partial charge is 0.497 e. The van der Waals surface area contributed by atoms with Crippen molar-refractivity contribution in [3.8, 4) is 16.9 Å². The fourth-order valence-corrected chi connectivity index (χ4v) is 6.81. The highest BCUT2D eigenvalue weighted by molar-refractivity contribution is 7.89.